The predicted octanol–water partition coefficient (Wildman–Crippen LogP) is 11.6. The number of fused-ring (bicyclic) bond motifs is 9. The van der Waals surface area contributed by atoms with Crippen LogP contribution in [-0.4, -0.2) is 29.1 Å². The van der Waals surface area contributed by atoms with Gasteiger partial charge in [-0.2, -0.15) is 0 Å². The van der Waals surface area contributed by atoms with Gasteiger partial charge in [-0.15, -0.1) is 0 Å². The van der Waals surface area contributed by atoms with Crippen molar-refractivity contribution in [3.63, 3.8) is 0 Å². The minimum absolute atomic E-state index is 0.631. The summed E-state index contributed by atoms with van der Waals surface area (Å²) in [7, 11) is 0. The highest BCUT2D eigenvalue weighted by Gasteiger charge is 2.28. The summed E-state index contributed by atoms with van der Waals surface area (Å²) in [6.45, 7) is 0. The molecule has 0 atom stereocenters. The van der Waals surface area contributed by atoms with Crippen LogP contribution in [0.4, 0.5) is 0 Å². The van der Waals surface area contributed by atoms with E-state index in [1.54, 1.807) is 0 Å². The normalized spacial score (nSPS) is 12.1. The average molecular weight is 689 g/mol. The molecule has 0 unspecified atom stereocenters. The van der Waals surface area contributed by atoms with E-state index >= 15 is 0 Å². The first-order valence-corrected chi connectivity index (χ1v) is 18.2. The topological polar surface area (TPSA) is 61.4 Å². The average Bonchev–Trinajstić information content (AvgIpc) is 3.87. The van der Waals surface area contributed by atoms with Crippen LogP contribution in [-0.2, 0) is 0 Å². The second-order valence-electron chi connectivity index (χ2n) is 13.9. The van der Waals surface area contributed by atoms with Gasteiger partial charge in [0, 0.05) is 55.2 Å². The van der Waals surface area contributed by atoms with Gasteiger partial charge in [-0.1, -0.05) is 121 Å². The second kappa shape index (κ2) is 11.0. The van der Waals surface area contributed by atoms with Crippen molar-refractivity contribution in [1.29, 1.82) is 0 Å². The molecule has 0 bridgehead atoms. The third-order valence-electron chi connectivity index (χ3n) is 10.9. The van der Waals surface area contributed by atoms with E-state index in [4.69, 9.17) is 19.9 Å². The largest absolute Gasteiger partial charge is 0.309 e. The van der Waals surface area contributed by atoms with Crippen LogP contribution in [0.5, 0.6) is 0 Å². The fraction of sp³-hybridized carbons (Fsp3) is 0. The van der Waals surface area contributed by atoms with E-state index in [2.05, 4.69) is 179 Å². The molecule has 0 N–H and O–H groups in total. The Morgan fingerprint density at radius 1 is 0.333 bits per heavy atom. The van der Waals surface area contributed by atoms with Crippen LogP contribution >= 0.6 is 0 Å². The van der Waals surface area contributed by atoms with Crippen LogP contribution in [0.1, 0.15) is 0 Å². The number of aromatic nitrogens is 6. The van der Waals surface area contributed by atoms with Crippen molar-refractivity contribution >= 4 is 54.6 Å². The van der Waals surface area contributed by atoms with Crippen molar-refractivity contribution in [3.8, 4) is 56.7 Å². The fourth-order valence-corrected chi connectivity index (χ4v) is 8.55. The molecule has 12 rings (SSSR count). The maximum Gasteiger partial charge on any atom is 0.168 e. The maximum absolute atomic E-state index is 5.23. The molecule has 0 aliphatic heterocycles. The van der Waals surface area contributed by atoms with Crippen LogP contribution in [0.2, 0.25) is 0 Å². The lowest BCUT2D eigenvalue weighted by Gasteiger charge is -2.12. The van der Waals surface area contributed by atoms with Crippen LogP contribution in [0.15, 0.2) is 170 Å². The van der Waals surface area contributed by atoms with E-state index < -0.39 is 0 Å². The van der Waals surface area contributed by atoms with E-state index in [1.165, 1.54) is 21.5 Å². The first-order chi connectivity index (χ1) is 26.8. The molecule has 4 aromatic heterocycles. The highest BCUT2D eigenvalue weighted by molar-refractivity contribution is 6.12. The molecule has 54 heavy (non-hydrogen) atoms. The lowest BCUT2D eigenvalue weighted by Crippen LogP contribution is -2.00. The van der Waals surface area contributed by atoms with Gasteiger partial charge in [0.15, 0.2) is 17.3 Å². The molecule has 250 valence electrons. The first-order valence-electron chi connectivity index (χ1n) is 18.2. The van der Waals surface area contributed by atoms with Crippen molar-refractivity contribution in [2.75, 3.05) is 0 Å². The Labute approximate surface area is 309 Å². The molecule has 0 fully saturated rings. The Balaban J connectivity index is 1.05. The smallest absolute Gasteiger partial charge is 0.168 e. The molecule has 1 aliphatic carbocycles. The molecule has 0 radical (unpaired) electrons. The number of benzene rings is 7. The Morgan fingerprint density at radius 2 is 0.704 bits per heavy atom. The molecule has 7 aromatic carbocycles. The monoisotopic (exact) mass is 688 g/mol. The van der Waals surface area contributed by atoms with Gasteiger partial charge in [0.05, 0.1) is 38.8 Å². The summed E-state index contributed by atoms with van der Waals surface area (Å²) in [6.07, 6.45) is 0. The molecule has 6 heteroatoms. The van der Waals surface area contributed by atoms with Crippen molar-refractivity contribution in [1.82, 2.24) is 29.1 Å². The Morgan fingerprint density at radius 3 is 1.11 bits per heavy atom. The van der Waals surface area contributed by atoms with E-state index in [-0.39, 0.29) is 0 Å². The summed E-state index contributed by atoms with van der Waals surface area (Å²) in [5, 5.41) is 5.79. The number of rotatable bonds is 4. The summed E-state index contributed by atoms with van der Waals surface area (Å²) in [6, 6.07) is 59.7. The SMILES string of the molecule is c1cc(-c2nc3c4c(nc(-c5cccc(-n6c7ccccc7c7ccccc76)c5)nc4n2)-c2ccccc2-3)cc(-n2c3ccccc3c3ccccc32)c1. The van der Waals surface area contributed by atoms with Gasteiger partial charge in [0.25, 0.3) is 0 Å². The molecule has 11 aromatic rings. The van der Waals surface area contributed by atoms with Crippen LogP contribution < -0.4 is 0 Å². The first kappa shape index (κ1) is 29.2. The highest BCUT2D eigenvalue weighted by Crippen LogP contribution is 2.46. The molecule has 0 saturated carbocycles. The zero-order valence-corrected chi connectivity index (χ0v) is 28.8. The van der Waals surface area contributed by atoms with Crippen LogP contribution in [0, 0.1) is 0 Å². The van der Waals surface area contributed by atoms with Gasteiger partial charge in [0.1, 0.15) is 0 Å². The summed E-state index contributed by atoms with van der Waals surface area (Å²) in [5.41, 5.74) is 13.1. The second-order valence-corrected chi connectivity index (χ2v) is 13.9. The molecule has 6 nitrogen and oxygen atoms in total. The molecule has 0 saturated heterocycles. The minimum atomic E-state index is 0.631. The summed E-state index contributed by atoms with van der Waals surface area (Å²) in [5.74, 6) is 1.26. The molecule has 0 amide bonds. The van der Waals surface area contributed by atoms with Gasteiger partial charge in [-0.25, -0.2) is 19.9 Å². The van der Waals surface area contributed by atoms with Crippen LogP contribution in [0.25, 0.3) is 111 Å². The summed E-state index contributed by atoms with van der Waals surface area (Å²) >= 11 is 0. The van der Waals surface area contributed by atoms with E-state index in [0.29, 0.717) is 17.3 Å². The molecule has 0 spiro atoms. The van der Waals surface area contributed by atoms with Crippen molar-refractivity contribution in [2.45, 2.75) is 0 Å². The van der Waals surface area contributed by atoms with E-state index in [9.17, 15) is 0 Å². The number of hydrogen-bond acceptors (Lipinski definition) is 4. The van der Waals surface area contributed by atoms with E-state index in [1.807, 2.05) is 0 Å². The maximum atomic E-state index is 5.23. The minimum Gasteiger partial charge on any atom is -0.309 e. The van der Waals surface area contributed by atoms with Gasteiger partial charge in [-0.3, -0.25) is 0 Å². The molecular weight excluding hydrogens is 661 g/mol. The summed E-state index contributed by atoms with van der Waals surface area (Å²) in [4.78, 5) is 20.9. The number of hydrogen-bond donors (Lipinski definition) is 0. The lowest BCUT2D eigenvalue weighted by molar-refractivity contribution is 1.14. The van der Waals surface area contributed by atoms with Crippen LogP contribution in [0.3, 0.4) is 0 Å². The van der Waals surface area contributed by atoms with Crippen molar-refractivity contribution in [3.05, 3.63) is 170 Å². The quantitative estimate of drug-likeness (QED) is 0.185. The van der Waals surface area contributed by atoms with Gasteiger partial charge in [0.2, 0.25) is 0 Å². The molecular formula is C48H28N6. The Kier molecular flexibility index (Phi) is 5.96. The number of nitrogens with zero attached hydrogens (tertiary/aromatic N) is 6. The van der Waals surface area contributed by atoms with Gasteiger partial charge < -0.3 is 9.13 Å². The number of para-hydroxylation sites is 4. The van der Waals surface area contributed by atoms with Gasteiger partial charge in [-0.05, 0) is 48.5 Å². The highest BCUT2D eigenvalue weighted by atomic mass is 15.0. The Hall–Kier alpha value is -7.44. The predicted molar refractivity (Wildman–Crippen MR) is 219 cm³/mol. The Bertz CT molecular complexity index is 3030. The standard InChI is InChI=1S/C48H28N6/c1-2-22-38-37(21-1)44-43-45(38)50-47(30-14-12-16-32(28-30)54-41-25-9-5-19-35(41)36-20-6-10-26-42(36)54)52-48(43)51-46(49-44)29-13-11-15-31(27-29)53-39-23-7-3-17-33(39)34-18-4-8-24-40(34)53/h1-28H. The molecule has 1 aliphatic rings. The fourth-order valence-electron chi connectivity index (χ4n) is 8.55. The van der Waals surface area contributed by atoms with Crippen molar-refractivity contribution < 1.29 is 0 Å². The van der Waals surface area contributed by atoms with Crippen molar-refractivity contribution in [2.24, 2.45) is 0 Å². The summed E-state index contributed by atoms with van der Waals surface area (Å²) < 4.78 is 4.65. The third kappa shape index (κ3) is 4.10. The zero-order chi connectivity index (χ0) is 35.3. The third-order valence-corrected chi connectivity index (χ3v) is 10.9. The van der Waals surface area contributed by atoms with Gasteiger partial charge >= 0.3 is 0 Å². The molecule has 4 heterocycles. The zero-order valence-electron chi connectivity index (χ0n) is 28.8. The van der Waals surface area contributed by atoms with E-state index in [0.717, 1.165) is 72.5 Å². The lowest BCUT2D eigenvalue weighted by atomic mass is 10.1.